The van der Waals surface area contributed by atoms with Gasteiger partial charge in [0.15, 0.2) is 11.5 Å². The van der Waals surface area contributed by atoms with Crippen molar-refractivity contribution >= 4 is 17.6 Å². The third-order valence-electron chi connectivity index (χ3n) is 10.2. The predicted molar refractivity (Wildman–Crippen MR) is 186 cm³/mol. The van der Waals surface area contributed by atoms with E-state index in [9.17, 15) is 14.7 Å². The predicted octanol–water partition coefficient (Wildman–Crippen LogP) is 6.02. The number of aliphatic hydroxyl groups is 1. The van der Waals surface area contributed by atoms with Crippen molar-refractivity contribution in [2.75, 3.05) is 26.0 Å². The van der Waals surface area contributed by atoms with Gasteiger partial charge in [-0.1, -0.05) is 63.3 Å². The van der Waals surface area contributed by atoms with Crippen molar-refractivity contribution in [2.24, 2.45) is 5.92 Å². The maximum Gasteiger partial charge on any atom is 0.310 e. The van der Waals surface area contributed by atoms with Crippen molar-refractivity contribution in [1.82, 2.24) is 4.90 Å². The molecule has 48 heavy (non-hydrogen) atoms. The molecule has 3 aromatic rings. The number of aromatic hydroxyl groups is 1. The van der Waals surface area contributed by atoms with E-state index in [0.717, 1.165) is 36.4 Å². The second-order valence-corrected chi connectivity index (χ2v) is 14.3. The van der Waals surface area contributed by atoms with Gasteiger partial charge in [-0.05, 0) is 85.8 Å². The van der Waals surface area contributed by atoms with Crippen LogP contribution in [0.2, 0.25) is 0 Å². The summed E-state index contributed by atoms with van der Waals surface area (Å²) in [6.07, 6.45) is 5.54. The molecule has 9 nitrogen and oxygen atoms in total. The van der Waals surface area contributed by atoms with E-state index in [1.54, 1.807) is 26.2 Å². The lowest BCUT2D eigenvalue weighted by Crippen LogP contribution is -2.64. The second kappa shape index (κ2) is 13.6. The molecule has 1 amide bonds. The zero-order chi connectivity index (χ0) is 35.0. The van der Waals surface area contributed by atoms with Crippen LogP contribution in [0.5, 0.6) is 17.2 Å². The number of amides is 1. The van der Waals surface area contributed by atoms with Gasteiger partial charge in [0, 0.05) is 35.5 Å². The number of anilines is 1. The Hall–Kier alpha value is -4.34. The number of hydrogen-bond acceptors (Lipinski definition) is 7. The zero-order valence-corrected chi connectivity index (χ0v) is 28.9. The summed E-state index contributed by atoms with van der Waals surface area (Å²) in [6, 6.07) is 18.8. The molecule has 0 unspecified atom stereocenters. The molecule has 1 spiro atoms. The number of carboxylic acids is 1. The minimum atomic E-state index is -0.779. The van der Waals surface area contributed by atoms with Crippen LogP contribution in [0.4, 0.5) is 5.69 Å². The number of carbonyl (C=O) groups excluding carboxylic acids is 1. The highest BCUT2D eigenvalue weighted by Crippen LogP contribution is 2.62. The Kier molecular flexibility index (Phi) is 9.94. The smallest absolute Gasteiger partial charge is 0.310 e. The molecular weight excluding hydrogens is 608 g/mol. The maximum absolute atomic E-state index is 10.8. The molecule has 6 atom stereocenters. The number of aliphatic carboxylic acids is 1. The van der Waals surface area contributed by atoms with Gasteiger partial charge in [-0.25, -0.2) is 0 Å². The number of carbonyl (C=O) groups is 2. The number of likely N-dealkylation sites (N-methyl/N-ethyl adjacent to an activating group) is 1. The van der Waals surface area contributed by atoms with Gasteiger partial charge < -0.3 is 35.0 Å². The third kappa shape index (κ3) is 6.66. The summed E-state index contributed by atoms with van der Waals surface area (Å²) >= 11 is 0. The summed E-state index contributed by atoms with van der Waals surface area (Å²) in [5, 5.41) is 30.9. The van der Waals surface area contributed by atoms with Crippen molar-refractivity contribution < 1.29 is 34.4 Å². The standard InChI is InChI=1S/C18H21NO3.C13H18O2.C8H9NO2/c1-19-8-7-18-11-4-5-13(20)17(18)22-16-14(21-2)6-3-10(15(16)18)9-12(11)19;1-9(12(14)15)10-5-7-11(8-6-10)13(2,3)4;1-6(10)9-7-2-4-8(11)5-3-7/h3-6,11-13,17,20H,7-9H2,1-2H3;5-9H,1-4H3,(H,14,15);2-5,11H,1H3,(H,9,10)/t11-,12+,13-,17-,18-;9-;/m00./s1. The lowest BCUT2D eigenvalue weighted by atomic mass is 9.53. The maximum atomic E-state index is 10.8. The normalized spacial score (nSPS) is 25.2. The van der Waals surface area contributed by atoms with Crippen LogP contribution in [0.15, 0.2) is 72.8 Å². The topological polar surface area (TPSA) is 129 Å². The van der Waals surface area contributed by atoms with Gasteiger partial charge >= 0.3 is 5.97 Å². The van der Waals surface area contributed by atoms with Crippen LogP contribution >= 0.6 is 0 Å². The van der Waals surface area contributed by atoms with Crippen LogP contribution in [-0.2, 0) is 26.8 Å². The number of phenolic OH excluding ortho intramolecular Hbond substituents is 1. The molecule has 1 fully saturated rings. The number of aliphatic hydroxyl groups excluding tert-OH is 1. The number of nitrogens with zero attached hydrogens (tertiary/aromatic N) is 1. The highest BCUT2D eigenvalue weighted by Gasteiger charge is 2.64. The molecule has 9 heteroatoms. The average molecular weight is 657 g/mol. The number of carboxylic acid groups (broad SMARTS) is 1. The molecule has 0 radical (unpaired) electrons. The SMILES string of the molecule is CC(=O)Nc1ccc(O)cc1.COc1ccc2c3c1O[C@H]1[C@@H](O)C=C[C@H]4[C@@H](C2)N(C)CC[C@@]341.C[C@H](C(=O)O)c1ccc(C(C)(C)C)cc1. The van der Waals surface area contributed by atoms with E-state index in [1.165, 1.54) is 35.7 Å². The van der Waals surface area contributed by atoms with E-state index in [1.807, 2.05) is 36.4 Å². The van der Waals surface area contributed by atoms with Crippen molar-refractivity contribution in [1.29, 1.82) is 0 Å². The fourth-order valence-corrected chi connectivity index (χ4v) is 7.55. The summed E-state index contributed by atoms with van der Waals surface area (Å²) in [7, 11) is 3.91. The zero-order valence-electron chi connectivity index (χ0n) is 28.9. The monoisotopic (exact) mass is 656 g/mol. The highest BCUT2D eigenvalue weighted by molar-refractivity contribution is 5.88. The van der Waals surface area contributed by atoms with E-state index in [0.29, 0.717) is 17.6 Å². The van der Waals surface area contributed by atoms with E-state index >= 15 is 0 Å². The molecule has 7 rings (SSSR count). The van der Waals surface area contributed by atoms with Crippen molar-refractivity contribution in [3.05, 3.63) is 95.1 Å². The largest absolute Gasteiger partial charge is 0.508 e. The Labute approximate surface area is 283 Å². The molecule has 0 aromatic heterocycles. The number of methoxy groups -OCH3 is 1. The van der Waals surface area contributed by atoms with Crippen LogP contribution in [0.1, 0.15) is 69.2 Å². The van der Waals surface area contributed by atoms with Crippen LogP contribution in [0, 0.1) is 5.92 Å². The Morgan fingerprint density at radius 3 is 2.29 bits per heavy atom. The first kappa shape index (κ1) is 35.0. The second-order valence-electron chi connectivity index (χ2n) is 14.3. The first-order valence-corrected chi connectivity index (χ1v) is 16.5. The molecule has 256 valence electrons. The summed E-state index contributed by atoms with van der Waals surface area (Å²) in [5.41, 5.74) is 5.49. The first-order chi connectivity index (χ1) is 22.7. The number of rotatable bonds is 4. The fourth-order valence-electron chi connectivity index (χ4n) is 7.55. The molecule has 0 saturated carbocycles. The van der Waals surface area contributed by atoms with Gasteiger partial charge in [-0.2, -0.15) is 0 Å². The third-order valence-corrected chi connectivity index (χ3v) is 10.2. The Morgan fingerprint density at radius 1 is 1.04 bits per heavy atom. The molecule has 1 saturated heterocycles. The van der Waals surface area contributed by atoms with Crippen LogP contribution in [0.25, 0.3) is 0 Å². The number of piperidine rings is 1. The number of phenols is 1. The molecular formula is C39H48N2O7. The van der Waals surface area contributed by atoms with Crippen LogP contribution in [0.3, 0.4) is 0 Å². The summed E-state index contributed by atoms with van der Waals surface area (Å²) in [4.78, 5) is 23.8. The van der Waals surface area contributed by atoms with Gasteiger partial charge in [-0.3, -0.25) is 9.59 Å². The van der Waals surface area contributed by atoms with Gasteiger partial charge in [0.05, 0.1) is 13.0 Å². The van der Waals surface area contributed by atoms with E-state index in [-0.39, 0.29) is 28.6 Å². The number of likely N-dealkylation sites (tertiary alicyclic amines) is 1. The molecule has 2 bridgehead atoms. The lowest BCUT2D eigenvalue weighted by Gasteiger charge is -2.56. The number of nitrogens with one attached hydrogen (secondary N) is 1. The fraction of sp³-hybridized carbons (Fsp3) is 0.436. The minimum absolute atomic E-state index is 0.0806. The summed E-state index contributed by atoms with van der Waals surface area (Å²) in [5.74, 6) is 0.958. The van der Waals surface area contributed by atoms with Crippen molar-refractivity contribution in [3.8, 4) is 17.2 Å². The molecule has 2 heterocycles. The van der Waals surface area contributed by atoms with Crippen LogP contribution in [-0.4, -0.2) is 71.0 Å². The van der Waals surface area contributed by atoms with E-state index in [4.69, 9.17) is 19.7 Å². The Morgan fingerprint density at radius 2 is 1.71 bits per heavy atom. The molecule has 2 aliphatic heterocycles. The molecule has 2 aliphatic carbocycles. The number of ether oxygens (including phenoxy) is 2. The summed E-state index contributed by atoms with van der Waals surface area (Å²) in [6.45, 7) is 10.6. The van der Waals surface area contributed by atoms with Crippen molar-refractivity contribution in [2.45, 2.75) is 82.5 Å². The molecule has 4 N–H and O–H groups in total. The van der Waals surface area contributed by atoms with Gasteiger partial charge in [-0.15, -0.1) is 0 Å². The van der Waals surface area contributed by atoms with Crippen LogP contribution < -0.4 is 14.8 Å². The molecule has 3 aromatic carbocycles. The highest BCUT2D eigenvalue weighted by atomic mass is 16.5. The number of benzene rings is 3. The quantitative estimate of drug-likeness (QED) is 0.198. The Balaban J connectivity index is 0.000000152. The number of hydrogen-bond donors (Lipinski definition) is 4. The van der Waals surface area contributed by atoms with Gasteiger partial charge in [0.1, 0.15) is 18.0 Å². The minimum Gasteiger partial charge on any atom is -0.508 e. The van der Waals surface area contributed by atoms with Gasteiger partial charge in [0.25, 0.3) is 0 Å². The lowest BCUT2D eigenvalue weighted by molar-refractivity contribution is -0.138. The Bertz CT molecular complexity index is 1660. The molecule has 4 aliphatic rings. The van der Waals surface area contributed by atoms with Crippen molar-refractivity contribution in [3.63, 3.8) is 0 Å². The summed E-state index contributed by atoms with van der Waals surface area (Å²) < 4.78 is 11.8. The average Bonchev–Trinajstić information content (AvgIpc) is 3.40. The van der Waals surface area contributed by atoms with Gasteiger partial charge in [0.2, 0.25) is 5.91 Å². The van der Waals surface area contributed by atoms with E-state index < -0.39 is 18.0 Å². The van der Waals surface area contributed by atoms with E-state index in [2.05, 4.69) is 50.2 Å². The first-order valence-electron chi connectivity index (χ1n) is 16.5.